The van der Waals surface area contributed by atoms with Crippen molar-refractivity contribution in [1.82, 2.24) is 20.4 Å². The normalized spacial score (nSPS) is 12.5. The zero-order valence-electron chi connectivity index (χ0n) is 19.8. The van der Waals surface area contributed by atoms with Crippen molar-refractivity contribution in [3.8, 4) is 17.2 Å². The van der Waals surface area contributed by atoms with Crippen molar-refractivity contribution in [3.05, 3.63) is 84.3 Å². The van der Waals surface area contributed by atoms with Crippen LogP contribution in [0.25, 0.3) is 16.6 Å². The van der Waals surface area contributed by atoms with Crippen LogP contribution in [0.15, 0.2) is 72.9 Å². The molecule has 9 nitrogen and oxygen atoms in total. The summed E-state index contributed by atoms with van der Waals surface area (Å²) >= 11 is 0. The number of carbonyl (C=O) groups is 2. The van der Waals surface area contributed by atoms with E-state index in [0.717, 1.165) is 22.2 Å². The number of methoxy groups -OCH3 is 1. The molecule has 0 radical (unpaired) electrons. The second-order valence-corrected chi connectivity index (χ2v) is 8.14. The van der Waals surface area contributed by atoms with E-state index >= 15 is 0 Å². The van der Waals surface area contributed by atoms with Crippen molar-refractivity contribution in [2.24, 2.45) is 5.73 Å². The smallest absolute Gasteiger partial charge is 0.312 e. The maximum atomic E-state index is 13.3. The second kappa shape index (κ2) is 10.8. The van der Waals surface area contributed by atoms with Gasteiger partial charge in [-0.15, -0.1) is 0 Å². The molecule has 0 aliphatic heterocycles. The van der Waals surface area contributed by atoms with Crippen LogP contribution in [-0.4, -0.2) is 41.4 Å². The molecule has 0 aliphatic carbocycles. The first-order valence-corrected chi connectivity index (χ1v) is 11.2. The molecule has 4 rings (SSSR count). The number of hydrogen-bond acceptors (Lipinski definition) is 5. The average molecular weight is 492 g/mol. The Morgan fingerprint density at radius 2 is 1.86 bits per heavy atom. The van der Waals surface area contributed by atoms with E-state index < -0.39 is 24.1 Å². The summed E-state index contributed by atoms with van der Waals surface area (Å²) in [6, 6.07) is 17.7. The van der Waals surface area contributed by atoms with E-state index in [1.54, 1.807) is 43.1 Å². The van der Waals surface area contributed by atoms with Crippen LogP contribution in [0.3, 0.4) is 0 Å². The summed E-state index contributed by atoms with van der Waals surface area (Å²) in [5, 5.41) is 10.4. The Morgan fingerprint density at radius 1 is 1.08 bits per heavy atom. The molecular weight excluding hydrogens is 465 g/mol. The number of aromatic nitrogens is 2. The molecule has 10 heteroatoms. The van der Waals surface area contributed by atoms with Crippen molar-refractivity contribution in [2.75, 3.05) is 13.7 Å². The van der Waals surface area contributed by atoms with Crippen molar-refractivity contribution in [2.45, 2.75) is 19.1 Å². The molecule has 0 saturated carbocycles. The second-order valence-electron chi connectivity index (χ2n) is 8.14. The lowest BCUT2D eigenvalue weighted by atomic mass is 10.0. The molecule has 0 saturated heterocycles. The van der Waals surface area contributed by atoms with E-state index in [1.807, 2.05) is 36.4 Å². The lowest BCUT2D eigenvalue weighted by Crippen LogP contribution is -2.45. The number of nitrogens with one attached hydrogen (secondary N) is 2. The minimum absolute atomic E-state index is 0.251. The summed E-state index contributed by atoms with van der Waals surface area (Å²) < 4.78 is 26.7. The maximum Gasteiger partial charge on any atom is 0.312 e. The van der Waals surface area contributed by atoms with Gasteiger partial charge in [0.25, 0.3) is 0 Å². The van der Waals surface area contributed by atoms with Gasteiger partial charge in [0.2, 0.25) is 5.91 Å². The third-order valence-corrected chi connectivity index (χ3v) is 5.56. The number of hydrogen-bond donors (Lipinski definition) is 3. The fourth-order valence-electron chi connectivity index (χ4n) is 3.84. The van der Waals surface area contributed by atoms with Crippen LogP contribution in [-0.2, 0) is 4.79 Å². The van der Waals surface area contributed by atoms with Crippen LogP contribution in [0.2, 0.25) is 0 Å². The molecule has 36 heavy (non-hydrogen) atoms. The van der Waals surface area contributed by atoms with Gasteiger partial charge in [0.1, 0.15) is 23.4 Å². The molecule has 0 spiro atoms. The minimum Gasteiger partial charge on any atom is -0.497 e. The van der Waals surface area contributed by atoms with Gasteiger partial charge < -0.3 is 25.8 Å². The van der Waals surface area contributed by atoms with Gasteiger partial charge in [0.05, 0.1) is 37.1 Å². The lowest BCUT2D eigenvalue weighted by Gasteiger charge is -2.27. The Bertz CT molecular complexity index is 1370. The molecule has 3 aromatic carbocycles. The number of ether oxygens (including phenoxy) is 2. The van der Waals surface area contributed by atoms with Gasteiger partial charge in [-0.2, -0.15) is 5.10 Å². The summed E-state index contributed by atoms with van der Waals surface area (Å²) in [6.07, 6.45) is 1.12. The molecular formula is C26H26FN5O4. The number of carbonyl (C=O) groups excluding carboxylic acids is 2. The molecule has 0 fully saturated rings. The third-order valence-electron chi connectivity index (χ3n) is 5.56. The monoisotopic (exact) mass is 491 g/mol. The standard InChI is InChI=1S/C26H26FN5O4/c1-16(31-24(33)15-29-26(28)34)25(17-4-3-5-21(12-17)35-2)36-22-10-11-23-18(13-22)14-30-32(23)20-8-6-19(27)7-9-20/h3-14,16,25H,15H2,1-2H3,(H,31,33)(H3,28,29,34). The number of amides is 3. The number of nitrogens with two attached hydrogens (primary N) is 1. The summed E-state index contributed by atoms with van der Waals surface area (Å²) in [5.74, 6) is 0.478. The van der Waals surface area contributed by atoms with Crippen molar-refractivity contribution < 1.29 is 23.5 Å². The van der Waals surface area contributed by atoms with Gasteiger partial charge in [-0.3, -0.25) is 4.79 Å². The summed E-state index contributed by atoms with van der Waals surface area (Å²) in [6.45, 7) is 1.55. The quantitative estimate of drug-likeness (QED) is 0.331. The number of fused-ring (bicyclic) bond motifs is 1. The molecule has 2 unspecified atom stereocenters. The van der Waals surface area contributed by atoms with Gasteiger partial charge in [-0.1, -0.05) is 12.1 Å². The Morgan fingerprint density at radius 3 is 2.58 bits per heavy atom. The van der Waals surface area contributed by atoms with Crippen LogP contribution in [0.5, 0.6) is 11.5 Å². The fraction of sp³-hybridized carbons (Fsp3) is 0.192. The van der Waals surface area contributed by atoms with Crippen molar-refractivity contribution in [1.29, 1.82) is 0 Å². The molecule has 0 aliphatic rings. The number of halogens is 1. The highest BCUT2D eigenvalue weighted by Crippen LogP contribution is 2.30. The van der Waals surface area contributed by atoms with Crippen LogP contribution < -0.4 is 25.8 Å². The minimum atomic E-state index is -0.784. The third kappa shape index (κ3) is 5.72. The van der Waals surface area contributed by atoms with Gasteiger partial charge >= 0.3 is 6.03 Å². The SMILES string of the molecule is COc1cccc(C(Oc2ccc3c(cnn3-c3ccc(F)cc3)c2)C(C)NC(=O)CNC(N)=O)c1. The summed E-state index contributed by atoms with van der Waals surface area (Å²) in [7, 11) is 1.57. The Balaban J connectivity index is 1.60. The van der Waals surface area contributed by atoms with Gasteiger partial charge in [0, 0.05) is 5.39 Å². The molecule has 4 aromatic rings. The van der Waals surface area contributed by atoms with Crippen LogP contribution >= 0.6 is 0 Å². The molecule has 186 valence electrons. The van der Waals surface area contributed by atoms with E-state index in [2.05, 4.69) is 15.7 Å². The maximum absolute atomic E-state index is 13.3. The zero-order chi connectivity index (χ0) is 25.7. The average Bonchev–Trinajstić information content (AvgIpc) is 3.29. The van der Waals surface area contributed by atoms with Gasteiger partial charge in [-0.05, 0) is 67.1 Å². The van der Waals surface area contributed by atoms with Crippen molar-refractivity contribution in [3.63, 3.8) is 0 Å². The van der Waals surface area contributed by atoms with Crippen molar-refractivity contribution >= 4 is 22.8 Å². The zero-order valence-corrected chi connectivity index (χ0v) is 19.8. The molecule has 1 heterocycles. The Kier molecular flexibility index (Phi) is 7.33. The Hall–Kier alpha value is -4.60. The first kappa shape index (κ1) is 24.5. The largest absolute Gasteiger partial charge is 0.497 e. The highest BCUT2D eigenvalue weighted by atomic mass is 19.1. The number of primary amides is 1. The highest BCUT2D eigenvalue weighted by Gasteiger charge is 2.24. The predicted octanol–water partition coefficient (Wildman–Crippen LogP) is 3.47. The topological polar surface area (TPSA) is 120 Å². The molecule has 2 atom stereocenters. The molecule has 1 aromatic heterocycles. The summed E-state index contributed by atoms with van der Waals surface area (Å²) in [5.41, 5.74) is 7.40. The number of nitrogens with zero attached hydrogens (tertiary/aromatic N) is 2. The Labute approximate surface area is 207 Å². The van der Waals surface area contributed by atoms with Crippen LogP contribution in [0, 0.1) is 5.82 Å². The van der Waals surface area contributed by atoms with E-state index in [1.165, 1.54) is 12.1 Å². The van der Waals surface area contributed by atoms with E-state index in [0.29, 0.717) is 11.5 Å². The predicted molar refractivity (Wildman–Crippen MR) is 133 cm³/mol. The molecule has 0 bridgehead atoms. The highest BCUT2D eigenvalue weighted by molar-refractivity contribution is 5.83. The van der Waals surface area contributed by atoms with E-state index in [4.69, 9.17) is 15.2 Å². The van der Waals surface area contributed by atoms with Crippen LogP contribution in [0.4, 0.5) is 9.18 Å². The molecule has 3 amide bonds. The first-order chi connectivity index (χ1) is 17.3. The van der Waals surface area contributed by atoms with E-state index in [9.17, 15) is 14.0 Å². The van der Waals surface area contributed by atoms with Crippen LogP contribution in [0.1, 0.15) is 18.6 Å². The molecule has 4 N–H and O–H groups in total. The fourth-order valence-corrected chi connectivity index (χ4v) is 3.84. The number of rotatable bonds is 9. The number of urea groups is 1. The summed E-state index contributed by atoms with van der Waals surface area (Å²) in [4.78, 5) is 23.2. The number of benzene rings is 3. The first-order valence-electron chi connectivity index (χ1n) is 11.2. The van der Waals surface area contributed by atoms with Gasteiger partial charge in [0.15, 0.2) is 0 Å². The van der Waals surface area contributed by atoms with E-state index in [-0.39, 0.29) is 12.4 Å². The lowest BCUT2D eigenvalue weighted by molar-refractivity contribution is -0.121. The van der Waals surface area contributed by atoms with Gasteiger partial charge in [-0.25, -0.2) is 13.9 Å².